The molecule has 0 bridgehead atoms. The Balaban J connectivity index is 1.51. The lowest BCUT2D eigenvalue weighted by molar-refractivity contribution is 0.0926. The molecule has 7 heteroatoms. The van der Waals surface area contributed by atoms with Gasteiger partial charge in [0.25, 0.3) is 5.91 Å². The third-order valence-electron chi connectivity index (χ3n) is 6.77. The van der Waals surface area contributed by atoms with E-state index in [2.05, 4.69) is 68.5 Å². The zero-order chi connectivity index (χ0) is 25.5. The van der Waals surface area contributed by atoms with Crippen molar-refractivity contribution in [2.45, 2.75) is 6.04 Å². The zero-order valence-corrected chi connectivity index (χ0v) is 21.6. The number of amides is 1. The second-order valence-corrected chi connectivity index (χ2v) is 9.11. The molecule has 1 fully saturated rings. The number of anilines is 2. The summed E-state index contributed by atoms with van der Waals surface area (Å²) in [6.07, 6.45) is 0. The van der Waals surface area contributed by atoms with Crippen molar-refractivity contribution in [1.29, 1.82) is 0 Å². The fourth-order valence-electron chi connectivity index (χ4n) is 4.73. The normalized spacial score (nSPS) is 14.7. The van der Waals surface area contributed by atoms with Crippen molar-refractivity contribution in [2.75, 3.05) is 70.8 Å². The molecule has 0 aliphatic carbocycles. The summed E-state index contributed by atoms with van der Waals surface area (Å²) >= 11 is 0. The van der Waals surface area contributed by atoms with Crippen molar-refractivity contribution in [2.24, 2.45) is 0 Å². The minimum atomic E-state index is -0.177. The number of rotatable bonds is 9. The Bertz CT molecular complexity index is 1130. The highest BCUT2D eigenvalue weighted by Crippen LogP contribution is 2.31. The quantitative estimate of drug-likeness (QED) is 0.490. The van der Waals surface area contributed by atoms with Crippen molar-refractivity contribution in [3.05, 3.63) is 83.9 Å². The van der Waals surface area contributed by atoms with Gasteiger partial charge in [0.05, 0.1) is 25.8 Å². The Morgan fingerprint density at radius 3 is 2.19 bits per heavy atom. The molecule has 1 atom stereocenters. The molecule has 36 heavy (non-hydrogen) atoms. The van der Waals surface area contributed by atoms with Crippen LogP contribution in [0.5, 0.6) is 11.5 Å². The van der Waals surface area contributed by atoms with Crippen LogP contribution in [0.4, 0.5) is 11.4 Å². The van der Waals surface area contributed by atoms with Crippen LogP contribution >= 0.6 is 0 Å². The molecule has 0 radical (unpaired) electrons. The molecule has 4 rings (SSSR count). The molecule has 1 heterocycles. The molecular formula is C29H36N4O3. The molecule has 1 amide bonds. The maximum atomic E-state index is 13.2. The highest BCUT2D eigenvalue weighted by molar-refractivity contribution is 5.97. The summed E-state index contributed by atoms with van der Waals surface area (Å²) < 4.78 is 10.9. The van der Waals surface area contributed by atoms with Gasteiger partial charge < -0.3 is 24.6 Å². The lowest BCUT2D eigenvalue weighted by Crippen LogP contribution is -2.50. The minimum absolute atomic E-state index is 0.0553. The second-order valence-electron chi connectivity index (χ2n) is 9.11. The van der Waals surface area contributed by atoms with Crippen LogP contribution in [-0.4, -0.2) is 71.8 Å². The summed E-state index contributed by atoms with van der Waals surface area (Å²) in [6.45, 7) is 4.19. The van der Waals surface area contributed by atoms with Crippen LogP contribution < -0.4 is 24.6 Å². The molecule has 3 aromatic rings. The average molecular weight is 489 g/mol. The lowest BCUT2D eigenvalue weighted by atomic mass is 10.0. The van der Waals surface area contributed by atoms with E-state index in [1.165, 1.54) is 11.3 Å². The van der Waals surface area contributed by atoms with E-state index in [1.807, 2.05) is 20.2 Å². The van der Waals surface area contributed by atoms with Crippen molar-refractivity contribution in [1.82, 2.24) is 10.2 Å². The van der Waals surface area contributed by atoms with Gasteiger partial charge in [-0.3, -0.25) is 9.69 Å². The first-order valence-electron chi connectivity index (χ1n) is 12.3. The molecule has 0 saturated carbocycles. The monoisotopic (exact) mass is 488 g/mol. The molecule has 1 aliphatic rings. The number of carbonyl (C=O) groups excluding carboxylic acids is 1. The number of ether oxygens (including phenoxy) is 2. The number of piperazine rings is 1. The largest absolute Gasteiger partial charge is 0.493 e. The van der Waals surface area contributed by atoms with Crippen LogP contribution in [0.15, 0.2) is 72.8 Å². The number of carbonyl (C=O) groups is 1. The number of benzene rings is 3. The molecular weight excluding hydrogens is 452 g/mol. The van der Waals surface area contributed by atoms with Crippen molar-refractivity contribution in [3.8, 4) is 11.5 Å². The lowest BCUT2D eigenvalue weighted by Gasteiger charge is -2.40. The molecule has 190 valence electrons. The molecule has 1 aliphatic heterocycles. The van der Waals surface area contributed by atoms with Gasteiger partial charge in [-0.25, -0.2) is 0 Å². The smallest absolute Gasteiger partial charge is 0.255 e. The van der Waals surface area contributed by atoms with Gasteiger partial charge in [0, 0.05) is 58.2 Å². The predicted octanol–water partition coefficient (Wildman–Crippen LogP) is 4.06. The average Bonchev–Trinajstić information content (AvgIpc) is 2.93. The molecule has 1 saturated heterocycles. The van der Waals surface area contributed by atoms with E-state index in [0.29, 0.717) is 23.6 Å². The highest BCUT2D eigenvalue weighted by Gasteiger charge is 2.26. The molecule has 3 aromatic carbocycles. The van der Waals surface area contributed by atoms with Crippen LogP contribution in [0.25, 0.3) is 0 Å². The van der Waals surface area contributed by atoms with E-state index in [-0.39, 0.29) is 11.9 Å². The van der Waals surface area contributed by atoms with Gasteiger partial charge in [-0.05, 0) is 42.0 Å². The molecule has 0 unspecified atom stereocenters. The number of nitrogens with zero attached hydrogens (tertiary/aromatic N) is 3. The number of methoxy groups -OCH3 is 2. The Morgan fingerprint density at radius 2 is 1.58 bits per heavy atom. The van der Waals surface area contributed by atoms with E-state index in [4.69, 9.17) is 9.47 Å². The molecule has 0 spiro atoms. The van der Waals surface area contributed by atoms with Gasteiger partial charge in [0.15, 0.2) is 11.5 Å². The highest BCUT2D eigenvalue weighted by atomic mass is 16.5. The summed E-state index contributed by atoms with van der Waals surface area (Å²) in [7, 11) is 7.20. The fraction of sp³-hybridized carbons (Fsp3) is 0.345. The van der Waals surface area contributed by atoms with Gasteiger partial charge in [-0.1, -0.05) is 36.4 Å². The van der Waals surface area contributed by atoms with E-state index in [0.717, 1.165) is 31.9 Å². The first-order chi connectivity index (χ1) is 17.5. The third kappa shape index (κ3) is 5.74. The van der Waals surface area contributed by atoms with Crippen LogP contribution in [-0.2, 0) is 0 Å². The number of hydrogen-bond donors (Lipinski definition) is 1. The predicted molar refractivity (Wildman–Crippen MR) is 146 cm³/mol. The van der Waals surface area contributed by atoms with Crippen LogP contribution in [0.3, 0.4) is 0 Å². The van der Waals surface area contributed by atoms with Gasteiger partial charge in [-0.15, -0.1) is 0 Å². The summed E-state index contributed by atoms with van der Waals surface area (Å²) in [5, 5.41) is 3.16. The maximum absolute atomic E-state index is 13.2. The number of nitrogens with one attached hydrogen (secondary N) is 1. The second kappa shape index (κ2) is 11.8. The van der Waals surface area contributed by atoms with Crippen molar-refractivity contribution < 1.29 is 14.3 Å². The van der Waals surface area contributed by atoms with Crippen LogP contribution in [0.1, 0.15) is 22.0 Å². The van der Waals surface area contributed by atoms with E-state index < -0.39 is 0 Å². The van der Waals surface area contributed by atoms with Crippen molar-refractivity contribution >= 4 is 17.3 Å². The molecule has 1 N–H and O–H groups in total. The molecule has 0 aromatic heterocycles. The Kier molecular flexibility index (Phi) is 8.33. The van der Waals surface area contributed by atoms with Gasteiger partial charge in [0.2, 0.25) is 0 Å². The number of hydrogen-bond acceptors (Lipinski definition) is 6. The summed E-state index contributed by atoms with van der Waals surface area (Å²) in [4.78, 5) is 20.2. The zero-order valence-electron chi connectivity index (χ0n) is 21.6. The SMILES string of the molecule is COc1cccc(C(=O)NC[C@@H](c2ccc(N(C)C)cc2)N2CCN(c3ccccc3)CC2)c1OC. The Hall–Kier alpha value is -3.71. The van der Waals surface area contributed by atoms with Crippen LogP contribution in [0.2, 0.25) is 0 Å². The van der Waals surface area contributed by atoms with E-state index in [9.17, 15) is 4.79 Å². The number of para-hydroxylation sites is 2. The topological polar surface area (TPSA) is 57.3 Å². The van der Waals surface area contributed by atoms with Crippen LogP contribution in [0, 0.1) is 0 Å². The first-order valence-corrected chi connectivity index (χ1v) is 12.3. The van der Waals surface area contributed by atoms with Gasteiger partial charge >= 0.3 is 0 Å². The van der Waals surface area contributed by atoms with E-state index >= 15 is 0 Å². The summed E-state index contributed by atoms with van der Waals surface area (Å²) in [5.74, 6) is 0.808. The Morgan fingerprint density at radius 1 is 0.889 bits per heavy atom. The van der Waals surface area contributed by atoms with Crippen molar-refractivity contribution in [3.63, 3.8) is 0 Å². The Labute approximate surface area is 214 Å². The standard InChI is InChI=1S/C29H36N4O3/c1-31(2)23-15-13-22(14-16-23)26(33-19-17-32(18-20-33)24-9-6-5-7-10-24)21-30-29(34)25-11-8-12-27(35-3)28(25)36-4/h5-16,26H,17-21H2,1-4H3,(H,30,34)/t26-/m0/s1. The fourth-order valence-corrected chi connectivity index (χ4v) is 4.73. The van der Waals surface area contributed by atoms with Gasteiger partial charge in [-0.2, -0.15) is 0 Å². The first kappa shape index (κ1) is 25.4. The summed E-state index contributed by atoms with van der Waals surface area (Å²) in [6, 6.07) is 24.5. The molecule has 7 nitrogen and oxygen atoms in total. The maximum Gasteiger partial charge on any atom is 0.255 e. The van der Waals surface area contributed by atoms with E-state index in [1.54, 1.807) is 32.4 Å². The van der Waals surface area contributed by atoms with Gasteiger partial charge in [0.1, 0.15) is 0 Å². The summed E-state index contributed by atoms with van der Waals surface area (Å²) in [5.41, 5.74) is 4.05. The minimum Gasteiger partial charge on any atom is -0.493 e. The third-order valence-corrected chi connectivity index (χ3v) is 6.77.